The standard InChI is InChI=1S/C63H110O5/c1-4-7-10-13-16-19-22-25-28-31-32-34-35-38-41-44-47-50-53-56-62(64)67-60-61(59-66-58-55-52-49-46-43-40-37-30-27-24-21-18-15-12-9-6-3)68-63(65)57-54-51-48-45-42-39-36-33-29-26-23-20-17-14-11-8-5-2/h8,11,17,20,25-30,36,39,45,48,61H,4-7,9-10,12-16,18-19,21-24,31-35,37-38,40-44,46-47,49-60H2,1-3H3/b11-8-,20-17-,28-25-,29-26-,30-27-,39-36-,48-45-. The van der Waals surface area contributed by atoms with Gasteiger partial charge in [-0.2, -0.15) is 0 Å². The molecule has 0 radical (unpaired) electrons. The van der Waals surface area contributed by atoms with Gasteiger partial charge in [-0.25, -0.2) is 0 Å². The van der Waals surface area contributed by atoms with Crippen molar-refractivity contribution in [3.63, 3.8) is 0 Å². The zero-order valence-electron chi connectivity index (χ0n) is 45.1. The summed E-state index contributed by atoms with van der Waals surface area (Å²) >= 11 is 0. The van der Waals surface area contributed by atoms with Crippen molar-refractivity contribution in [2.45, 2.75) is 284 Å². The molecule has 5 heteroatoms. The van der Waals surface area contributed by atoms with Crippen LogP contribution < -0.4 is 0 Å². The summed E-state index contributed by atoms with van der Waals surface area (Å²) in [6, 6.07) is 0. The van der Waals surface area contributed by atoms with E-state index in [9.17, 15) is 9.59 Å². The second-order valence-corrected chi connectivity index (χ2v) is 19.2. The fourth-order valence-electron chi connectivity index (χ4n) is 8.07. The van der Waals surface area contributed by atoms with Crippen molar-refractivity contribution in [1.82, 2.24) is 0 Å². The normalized spacial score (nSPS) is 12.8. The number of ether oxygens (including phenoxy) is 3. The van der Waals surface area contributed by atoms with E-state index in [2.05, 4.69) is 106 Å². The van der Waals surface area contributed by atoms with E-state index in [1.54, 1.807) is 0 Å². The molecule has 1 atom stereocenters. The summed E-state index contributed by atoms with van der Waals surface area (Å²) in [5, 5.41) is 0. The smallest absolute Gasteiger partial charge is 0.306 e. The highest BCUT2D eigenvalue weighted by Crippen LogP contribution is 2.14. The second-order valence-electron chi connectivity index (χ2n) is 19.2. The lowest BCUT2D eigenvalue weighted by Crippen LogP contribution is -2.30. The molecule has 68 heavy (non-hydrogen) atoms. The Balaban J connectivity index is 4.36. The molecule has 392 valence electrons. The van der Waals surface area contributed by atoms with Gasteiger partial charge >= 0.3 is 11.9 Å². The number of carbonyl (C=O) groups is 2. The lowest BCUT2D eigenvalue weighted by Gasteiger charge is -2.18. The van der Waals surface area contributed by atoms with Gasteiger partial charge in [-0.3, -0.25) is 9.59 Å². The van der Waals surface area contributed by atoms with Crippen molar-refractivity contribution in [2.75, 3.05) is 19.8 Å². The summed E-state index contributed by atoms with van der Waals surface area (Å²) in [7, 11) is 0. The number of carbonyl (C=O) groups excluding carboxylic acids is 2. The molecule has 0 bridgehead atoms. The maximum absolute atomic E-state index is 12.8. The van der Waals surface area contributed by atoms with Crippen molar-refractivity contribution in [3.8, 4) is 0 Å². The summed E-state index contributed by atoms with van der Waals surface area (Å²) in [5.74, 6) is -0.464. The number of hydrogen-bond acceptors (Lipinski definition) is 5. The zero-order chi connectivity index (χ0) is 49.2. The Labute approximate surface area is 422 Å². The minimum atomic E-state index is -0.574. The second kappa shape index (κ2) is 58.4. The highest BCUT2D eigenvalue weighted by Gasteiger charge is 2.17. The molecule has 0 aliphatic carbocycles. The van der Waals surface area contributed by atoms with Gasteiger partial charge in [0.2, 0.25) is 0 Å². The summed E-state index contributed by atoms with van der Waals surface area (Å²) in [6.45, 7) is 7.66. The molecule has 0 rings (SSSR count). The molecule has 0 spiro atoms. The average Bonchev–Trinajstić information content (AvgIpc) is 3.34. The zero-order valence-corrected chi connectivity index (χ0v) is 45.1. The van der Waals surface area contributed by atoms with Crippen LogP contribution >= 0.6 is 0 Å². The Morgan fingerprint density at radius 1 is 0.338 bits per heavy atom. The van der Waals surface area contributed by atoms with Crippen molar-refractivity contribution < 1.29 is 23.8 Å². The van der Waals surface area contributed by atoms with Gasteiger partial charge in [-0.15, -0.1) is 0 Å². The number of hydrogen-bond donors (Lipinski definition) is 0. The third-order valence-corrected chi connectivity index (χ3v) is 12.4. The van der Waals surface area contributed by atoms with E-state index in [1.807, 2.05) is 0 Å². The van der Waals surface area contributed by atoms with Crippen LogP contribution in [0.3, 0.4) is 0 Å². The molecular formula is C63H110O5. The minimum Gasteiger partial charge on any atom is -0.462 e. The van der Waals surface area contributed by atoms with Gasteiger partial charge in [-0.05, 0) is 109 Å². The molecule has 1 unspecified atom stereocenters. The first-order chi connectivity index (χ1) is 33.6. The lowest BCUT2D eigenvalue weighted by molar-refractivity contribution is -0.162. The van der Waals surface area contributed by atoms with Crippen LogP contribution in [-0.4, -0.2) is 37.9 Å². The Hall–Kier alpha value is -2.92. The molecule has 0 aromatic carbocycles. The maximum Gasteiger partial charge on any atom is 0.306 e. The van der Waals surface area contributed by atoms with E-state index in [1.165, 1.54) is 173 Å². The SMILES string of the molecule is CC/C=C\C/C=C\C/C=C\C/C=C\C/C=C\CCCC(=O)OC(COCCCCCCCC/C=C\CCCCCCCC)COC(=O)CCCCCCCCCCC/C=C\CCCCCCCC. The quantitative estimate of drug-likeness (QED) is 0.0345. The highest BCUT2D eigenvalue weighted by molar-refractivity contribution is 5.70. The monoisotopic (exact) mass is 947 g/mol. The predicted octanol–water partition coefficient (Wildman–Crippen LogP) is 20.0. The number of rotatable bonds is 53. The Bertz CT molecular complexity index is 1250. The van der Waals surface area contributed by atoms with Crippen molar-refractivity contribution in [2.24, 2.45) is 0 Å². The van der Waals surface area contributed by atoms with Gasteiger partial charge in [-0.1, -0.05) is 241 Å². The van der Waals surface area contributed by atoms with E-state index in [0.717, 1.165) is 70.6 Å². The largest absolute Gasteiger partial charge is 0.462 e. The van der Waals surface area contributed by atoms with Crippen LogP contribution in [0.4, 0.5) is 0 Å². The van der Waals surface area contributed by atoms with Crippen molar-refractivity contribution >= 4 is 11.9 Å². The fourth-order valence-corrected chi connectivity index (χ4v) is 8.07. The van der Waals surface area contributed by atoms with E-state index in [4.69, 9.17) is 14.2 Å². The molecule has 0 aromatic heterocycles. The van der Waals surface area contributed by atoms with Gasteiger partial charge in [0.1, 0.15) is 6.61 Å². The molecule has 0 saturated carbocycles. The third kappa shape index (κ3) is 55.7. The van der Waals surface area contributed by atoms with Gasteiger partial charge in [0.25, 0.3) is 0 Å². The van der Waals surface area contributed by atoms with Crippen LogP contribution in [0.1, 0.15) is 278 Å². The van der Waals surface area contributed by atoms with Crippen LogP contribution in [0.5, 0.6) is 0 Å². The molecule has 0 amide bonds. The van der Waals surface area contributed by atoms with Crippen LogP contribution in [0.25, 0.3) is 0 Å². The third-order valence-electron chi connectivity index (χ3n) is 12.4. The molecule has 0 N–H and O–H groups in total. The van der Waals surface area contributed by atoms with Gasteiger partial charge < -0.3 is 14.2 Å². The Morgan fingerprint density at radius 3 is 1.12 bits per heavy atom. The van der Waals surface area contributed by atoms with Gasteiger partial charge in [0, 0.05) is 19.4 Å². The van der Waals surface area contributed by atoms with Crippen LogP contribution in [-0.2, 0) is 23.8 Å². The van der Waals surface area contributed by atoms with Crippen LogP contribution in [0, 0.1) is 0 Å². The van der Waals surface area contributed by atoms with E-state index in [-0.39, 0.29) is 25.2 Å². The summed E-state index contributed by atoms with van der Waals surface area (Å²) < 4.78 is 17.4. The summed E-state index contributed by atoms with van der Waals surface area (Å²) in [4.78, 5) is 25.5. The minimum absolute atomic E-state index is 0.0572. The Morgan fingerprint density at radius 2 is 0.676 bits per heavy atom. The predicted molar refractivity (Wildman–Crippen MR) is 297 cm³/mol. The molecule has 0 aromatic rings. The molecule has 0 fully saturated rings. The number of allylic oxidation sites excluding steroid dienone is 14. The highest BCUT2D eigenvalue weighted by atomic mass is 16.6. The molecule has 0 saturated heterocycles. The summed E-state index contributed by atoms with van der Waals surface area (Å²) in [5.41, 5.74) is 0. The lowest BCUT2D eigenvalue weighted by atomic mass is 10.1. The van der Waals surface area contributed by atoms with E-state index >= 15 is 0 Å². The maximum atomic E-state index is 12.8. The van der Waals surface area contributed by atoms with Crippen molar-refractivity contribution in [1.29, 1.82) is 0 Å². The van der Waals surface area contributed by atoms with Gasteiger partial charge in [0.05, 0.1) is 6.61 Å². The van der Waals surface area contributed by atoms with E-state index < -0.39 is 6.10 Å². The van der Waals surface area contributed by atoms with Crippen LogP contribution in [0.15, 0.2) is 85.1 Å². The molecule has 0 heterocycles. The van der Waals surface area contributed by atoms with Gasteiger partial charge in [0.15, 0.2) is 6.10 Å². The fraction of sp³-hybridized carbons (Fsp3) is 0.746. The topological polar surface area (TPSA) is 61.8 Å². The number of unbranched alkanes of at least 4 members (excludes halogenated alkanes) is 28. The Kier molecular flexibility index (Phi) is 55.9. The first-order valence-electron chi connectivity index (χ1n) is 29.1. The molecular weight excluding hydrogens is 837 g/mol. The molecule has 0 aliphatic rings. The van der Waals surface area contributed by atoms with E-state index in [0.29, 0.717) is 19.4 Å². The van der Waals surface area contributed by atoms with Crippen molar-refractivity contribution in [3.05, 3.63) is 85.1 Å². The first kappa shape index (κ1) is 65.1. The number of esters is 2. The average molecular weight is 948 g/mol. The molecule has 5 nitrogen and oxygen atoms in total. The summed E-state index contributed by atoms with van der Waals surface area (Å²) in [6.07, 6.45) is 77.5. The van der Waals surface area contributed by atoms with Crippen LogP contribution in [0.2, 0.25) is 0 Å². The first-order valence-corrected chi connectivity index (χ1v) is 29.1. The molecule has 0 aliphatic heterocycles.